The molecule has 0 amide bonds. The van der Waals surface area contributed by atoms with Gasteiger partial charge in [-0.05, 0) is 23.5 Å². The number of esters is 1. The lowest BCUT2D eigenvalue weighted by Crippen LogP contribution is -2.29. The normalized spacial score (nSPS) is 36.5. The monoisotopic (exact) mass is 282 g/mol. The summed E-state index contributed by atoms with van der Waals surface area (Å²) in [6, 6.07) is 10.2. The van der Waals surface area contributed by atoms with E-state index in [0.29, 0.717) is 18.1 Å². The van der Waals surface area contributed by atoms with Crippen LogP contribution in [0.5, 0.6) is 0 Å². The molecular weight excluding hydrogens is 264 g/mol. The quantitative estimate of drug-likeness (QED) is 0.783. The van der Waals surface area contributed by atoms with Gasteiger partial charge in [0, 0.05) is 31.1 Å². The summed E-state index contributed by atoms with van der Waals surface area (Å²) in [7, 11) is 0. The number of hydrogen-bond donors (Lipinski definition) is 0. The summed E-state index contributed by atoms with van der Waals surface area (Å²) in [5.74, 6) is 0.940. The van der Waals surface area contributed by atoms with Gasteiger partial charge in [-0.3, -0.25) is 9.59 Å². The summed E-state index contributed by atoms with van der Waals surface area (Å²) in [6.07, 6.45) is 3.57. The zero-order valence-corrected chi connectivity index (χ0v) is 12.0. The first-order valence-electron chi connectivity index (χ1n) is 7.62. The Morgan fingerprint density at radius 2 is 1.95 bits per heavy atom. The molecule has 1 aromatic carbocycles. The predicted molar refractivity (Wildman–Crippen MR) is 78.2 cm³/mol. The van der Waals surface area contributed by atoms with E-state index in [1.807, 2.05) is 18.2 Å². The molecule has 5 atom stereocenters. The van der Waals surface area contributed by atoms with E-state index in [4.69, 9.17) is 4.74 Å². The van der Waals surface area contributed by atoms with Crippen molar-refractivity contribution in [3.63, 3.8) is 0 Å². The van der Waals surface area contributed by atoms with E-state index < -0.39 is 0 Å². The molecule has 3 nitrogen and oxygen atoms in total. The van der Waals surface area contributed by atoms with Gasteiger partial charge < -0.3 is 4.74 Å². The fraction of sp³-hybridized carbons (Fsp3) is 0.444. The minimum Gasteiger partial charge on any atom is -0.462 e. The van der Waals surface area contributed by atoms with Gasteiger partial charge in [0.25, 0.3) is 0 Å². The van der Waals surface area contributed by atoms with Crippen molar-refractivity contribution in [1.29, 1.82) is 0 Å². The van der Waals surface area contributed by atoms with Crippen LogP contribution in [0.1, 0.15) is 25.3 Å². The number of Topliss-reactive ketones (excluding diaryl/α,β-unsaturated/α-hetero) is 1. The molecule has 2 fully saturated rings. The van der Waals surface area contributed by atoms with Crippen molar-refractivity contribution in [2.45, 2.75) is 25.9 Å². The molecule has 21 heavy (non-hydrogen) atoms. The first-order chi connectivity index (χ1) is 10.1. The second-order valence-corrected chi connectivity index (χ2v) is 6.43. The van der Waals surface area contributed by atoms with Gasteiger partial charge in [0.1, 0.15) is 11.9 Å². The third kappa shape index (κ3) is 1.87. The van der Waals surface area contributed by atoms with Gasteiger partial charge in [-0.1, -0.05) is 36.4 Å². The minimum atomic E-state index is -0.240. The van der Waals surface area contributed by atoms with Gasteiger partial charge in [0.05, 0.1) is 0 Å². The number of ketones is 1. The van der Waals surface area contributed by atoms with Crippen molar-refractivity contribution in [2.75, 3.05) is 0 Å². The number of carbonyl (C=O) groups excluding carboxylic acids is 2. The molecular formula is C18H18O3. The third-order valence-electron chi connectivity index (χ3n) is 5.33. The molecule has 3 aliphatic carbocycles. The molecule has 0 heterocycles. The number of allylic oxidation sites excluding steroid dienone is 1. The molecule has 108 valence electrons. The van der Waals surface area contributed by atoms with E-state index in [-0.39, 0.29) is 29.8 Å². The standard InChI is InChI=1S/C18H18O3/c1-10(19)21-18-15-8-13-14(17(20)9-16(13)18)7-12(15)11-5-3-2-4-6-11/h2-7,13-16,18H,8-9H2,1H3/t13-,14+,15-,16+,18+/m1/s1. The molecule has 0 spiro atoms. The van der Waals surface area contributed by atoms with E-state index in [1.54, 1.807) is 0 Å². The molecule has 0 unspecified atom stereocenters. The molecule has 0 aromatic heterocycles. The van der Waals surface area contributed by atoms with Crippen LogP contribution in [-0.4, -0.2) is 17.9 Å². The first kappa shape index (κ1) is 12.8. The van der Waals surface area contributed by atoms with Crippen LogP contribution in [-0.2, 0) is 14.3 Å². The van der Waals surface area contributed by atoms with Crippen LogP contribution in [0.25, 0.3) is 5.57 Å². The van der Waals surface area contributed by atoms with E-state index in [2.05, 4.69) is 18.2 Å². The molecule has 0 N–H and O–H groups in total. The number of ether oxygens (including phenoxy) is 1. The summed E-state index contributed by atoms with van der Waals surface area (Å²) in [6.45, 7) is 1.46. The lowest BCUT2D eigenvalue weighted by atomic mass is 9.78. The highest BCUT2D eigenvalue weighted by Gasteiger charge is 2.57. The Morgan fingerprint density at radius 3 is 2.67 bits per heavy atom. The summed E-state index contributed by atoms with van der Waals surface area (Å²) in [5.41, 5.74) is 2.34. The Morgan fingerprint density at radius 1 is 1.19 bits per heavy atom. The highest BCUT2D eigenvalue weighted by Crippen LogP contribution is 2.57. The van der Waals surface area contributed by atoms with Crippen molar-refractivity contribution in [1.82, 2.24) is 0 Å². The highest BCUT2D eigenvalue weighted by atomic mass is 16.5. The Hall–Kier alpha value is -1.90. The maximum atomic E-state index is 12.3. The second kappa shape index (κ2) is 4.55. The number of rotatable bonds is 2. The summed E-state index contributed by atoms with van der Waals surface area (Å²) in [5, 5.41) is 0. The van der Waals surface area contributed by atoms with Gasteiger partial charge in [0.15, 0.2) is 0 Å². The van der Waals surface area contributed by atoms with E-state index in [9.17, 15) is 9.59 Å². The largest absolute Gasteiger partial charge is 0.462 e. The van der Waals surface area contributed by atoms with Crippen LogP contribution in [0.4, 0.5) is 0 Å². The van der Waals surface area contributed by atoms with Crippen molar-refractivity contribution >= 4 is 17.3 Å². The SMILES string of the molecule is CC(=O)O[C@@H]1[C@H]2CC(=O)[C@H]3C=C(c4ccccc4)[C@H]1C[C@@H]23. The predicted octanol–water partition coefficient (Wildman–Crippen LogP) is 2.86. The smallest absolute Gasteiger partial charge is 0.302 e. The molecule has 4 rings (SSSR count). The number of carbonyl (C=O) groups is 2. The van der Waals surface area contributed by atoms with Crippen LogP contribution >= 0.6 is 0 Å². The summed E-state index contributed by atoms with van der Waals surface area (Å²) >= 11 is 0. The van der Waals surface area contributed by atoms with Crippen LogP contribution in [0, 0.1) is 23.7 Å². The van der Waals surface area contributed by atoms with Crippen molar-refractivity contribution in [2.24, 2.45) is 23.7 Å². The second-order valence-electron chi connectivity index (χ2n) is 6.43. The van der Waals surface area contributed by atoms with Gasteiger partial charge in [0.2, 0.25) is 0 Å². The van der Waals surface area contributed by atoms with Crippen molar-refractivity contribution in [3.8, 4) is 0 Å². The zero-order chi connectivity index (χ0) is 14.6. The number of benzene rings is 1. The summed E-state index contributed by atoms with van der Waals surface area (Å²) in [4.78, 5) is 23.7. The van der Waals surface area contributed by atoms with Gasteiger partial charge in [-0.2, -0.15) is 0 Å². The average Bonchev–Trinajstić information content (AvgIpc) is 2.93. The Labute approximate surface area is 124 Å². The van der Waals surface area contributed by atoms with Gasteiger partial charge in [-0.15, -0.1) is 0 Å². The van der Waals surface area contributed by atoms with Crippen LogP contribution in [0.15, 0.2) is 36.4 Å². The lowest BCUT2D eigenvalue weighted by molar-refractivity contribution is -0.149. The van der Waals surface area contributed by atoms with Crippen LogP contribution in [0.2, 0.25) is 0 Å². The molecule has 2 bridgehead atoms. The number of hydrogen-bond acceptors (Lipinski definition) is 3. The van der Waals surface area contributed by atoms with Crippen molar-refractivity contribution in [3.05, 3.63) is 42.0 Å². The average molecular weight is 282 g/mol. The third-order valence-corrected chi connectivity index (χ3v) is 5.33. The lowest BCUT2D eigenvalue weighted by Gasteiger charge is -2.28. The van der Waals surface area contributed by atoms with Crippen molar-refractivity contribution < 1.29 is 14.3 Å². The summed E-state index contributed by atoms with van der Waals surface area (Å²) < 4.78 is 5.62. The zero-order valence-electron chi connectivity index (χ0n) is 12.0. The fourth-order valence-electron chi connectivity index (χ4n) is 4.57. The molecule has 0 saturated heterocycles. The highest BCUT2D eigenvalue weighted by molar-refractivity contribution is 5.90. The Bertz CT molecular complexity index is 631. The molecule has 3 heteroatoms. The van der Waals surface area contributed by atoms with Crippen LogP contribution < -0.4 is 0 Å². The minimum absolute atomic E-state index is 0.0296. The molecule has 0 aliphatic heterocycles. The van der Waals surface area contributed by atoms with Gasteiger partial charge in [-0.25, -0.2) is 0 Å². The maximum Gasteiger partial charge on any atom is 0.302 e. The van der Waals surface area contributed by atoms with Gasteiger partial charge >= 0.3 is 5.97 Å². The topological polar surface area (TPSA) is 43.4 Å². The fourth-order valence-corrected chi connectivity index (χ4v) is 4.57. The van der Waals surface area contributed by atoms with E-state index in [0.717, 1.165) is 12.0 Å². The Balaban J connectivity index is 1.78. The Kier molecular flexibility index (Phi) is 2.78. The van der Waals surface area contributed by atoms with Crippen LogP contribution in [0.3, 0.4) is 0 Å². The van der Waals surface area contributed by atoms with E-state index in [1.165, 1.54) is 12.5 Å². The molecule has 2 saturated carbocycles. The maximum absolute atomic E-state index is 12.3. The molecule has 3 aliphatic rings. The molecule has 0 radical (unpaired) electrons. The number of fused-ring (bicyclic) bond motifs is 1. The first-order valence-corrected chi connectivity index (χ1v) is 7.62. The molecule has 1 aromatic rings. The van der Waals surface area contributed by atoms with E-state index >= 15 is 0 Å².